The van der Waals surface area contributed by atoms with Gasteiger partial charge in [-0.05, 0) is 38.0 Å². The molecule has 1 saturated heterocycles. The number of hydrogen-bond acceptors (Lipinski definition) is 3. The van der Waals surface area contributed by atoms with Crippen LogP contribution < -0.4 is 5.32 Å². The monoisotopic (exact) mass is 199 g/mol. The summed E-state index contributed by atoms with van der Waals surface area (Å²) in [5.41, 5.74) is 0. The molecule has 1 aliphatic carbocycles. The number of rotatable bonds is 3. The Kier molecular flexibility index (Phi) is 3.79. The molecule has 0 aromatic carbocycles. The van der Waals surface area contributed by atoms with Crippen LogP contribution in [0, 0.1) is 5.92 Å². The van der Waals surface area contributed by atoms with Gasteiger partial charge in [-0.15, -0.1) is 0 Å². The average Bonchev–Trinajstić information content (AvgIpc) is 2.63. The van der Waals surface area contributed by atoms with Crippen LogP contribution in [0.3, 0.4) is 0 Å². The van der Waals surface area contributed by atoms with Crippen LogP contribution in [-0.4, -0.2) is 37.0 Å². The fourth-order valence-electron chi connectivity index (χ4n) is 2.47. The van der Waals surface area contributed by atoms with Gasteiger partial charge in [0.25, 0.3) is 0 Å². The Hall–Kier alpha value is -0.120. The second kappa shape index (κ2) is 5.10. The van der Waals surface area contributed by atoms with Gasteiger partial charge in [-0.2, -0.15) is 0 Å². The molecule has 1 saturated carbocycles. The molecule has 14 heavy (non-hydrogen) atoms. The second-order valence-corrected chi connectivity index (χ2v) is 4.60. The molecule has 3 nitrogen and oxygen atoms in total. The lowest BCUT2D eigenvalue weighted by Crippen LogP contribution is -2.40. The largest absolute Gasteiger partial charge is 0.392 e. The molecule has 2 fully saturated rings. The topological polar surface area (TPSA) is 41.5 Å². The van der Waals surface area contributed by atoms with Crippen LogP contribution in [0.4, 0.5) is 0 Å². The van der Waals surface area contributed by atoms with Gasteiger partial charge in [0.2, 0.25) is 0 Å². The van der Waals surface area contributed by atoms with Crippen molar-refractivity contribution < 1.29 is 9.84 Å². The number of ether oxygens (including phenoxy) is 1. The third-order valence-corrected chi connectivity index (χ3v) is 3.40. The summed E-state index contributed by atoms with van der Waals surface area (Å²) in [7, 11) is 0. The molecule has 1 unspecified atom stereocenters. The van der Waals surface area contributed by atoms with Crippen molar-refractivity contribution in [1.82, 2.24) is 5.32 Å². The van der Waals surface area contributed by atoms with Crippen molar-refractivity contribution in [3.05, 3.63) is 0 Å². The summed E-state index contributed by atoms with van der Waals surface area (Å²) in [4.78, 5) is 0. The van der Waals surface area contributed by atoms with Gasteiger partial charge >= 0.3 is 0 Å². The predicted molar refractivity (Wildman–Crippen MR) is 55.2 cm³/mol. The second-order valence-electron chi connectivity index (χ2n) is 4.60. The zero-order valence-electron chi connectivity index (χ0n) is 8.74. The van der Waals surface area contributed by atoms with Crippen LogP contribution in [0.1, 0.15) is 32.1 Å². The van der Waals surface area contributed by atoms with Crippen molar-refractivity contribution in [3.8, 4) is 0 Å². The Bertz CT molecular complexity index is 169. The zero-order valence-corrected chi connectivity index (χ0v) is 8.74. The van der Waals surface area contributed by atoms with Crippen LogP contribution in [-0.2, 0) is 4.74 Å². The minimum Gasteiger partial charge on any atom is -0.392 e. The molecule has 0 radical (unpaired) electrons. The van der Waals surface area contributed by atoms with Crippen molar-refractivity contribution in [1.29, 1.82) is 0 Å². The number of nitrogens with one attached hydrogen (secondary N) is 1. The fourth-order valence-corrected chi connectivity index (χ4v) is 2.47. The molecule has 1 heterocycles. The summed E-state index contributed by atoms with van der Waals surface area (Å²) in [5.74, 6) is 0.663. The minimum atomic E-state index is -0.112. The van der Waals surface area contributed by atoms with Gasteiger partial charge in [0.1, 0.15) is 0 Å². The van der Waals surface area contributed by atoms with Crippen molar-refractivity contribution >= 4 is 0 Å². The van der Waals surface area contributed by atoms with Crippen LogP contribution in [0.15, 0.2) is 0 Å². The van der Waals surface area contributed by atoms with Gasteiger partial charge in [0.05, 0.1) is 12.7 Å². The highest BCUT2D eigenvalue weighted by Gasteiger charge is 2.25. The Morgan fingerprint density at radius 3 is 2.79 bits per heavy atom. The first-order valence-corrected chi connectivity index (χ1v) is 5.85. The molecule has 2 aliphatic rings. The quantitative estimate of drug-likeness (QED) is 0.710. The molecule has 0 aromatic heterocycles. The first kappa shape index (κ1) is 10.4. The molecular weight excluding hydrogens is 178 g/mol. The summed E-state index contributed by atoms with van der Waals surface area (Å²) in [6.07, 6.45) is 5.63. The Morgan fingerprint density at radius 1 is 1.21 bits per heavy atom. The Balaban J connectivity index is 1.65. The standard InChI is InChI=1S/C11H21NO2/c13-11-5-1-4-10(11)12-7-9-3-2-6-14-8-9/h9-13H,1-8H2/t9?,10-,11-/m0/s1. The molecule has 2 N–H and O–H groups in total. The van der Waals surface area contributed by atoms with Crippen molar-refractivity contribution in [2.75, 3.05) is 19.8 Å². The molecule has 0 aromatic rings. The lowest BCUT2D eigenvalue weighted by Gasteiger charge is -2.25. The molecule has 2 rings (SSSR count). The number of aliphatic hydroxyl groups is 1. The van der Waals surface area contributed by atoms with Gasteiger partial charge in [-0.1, -0.05) is 0 Å². The highest BCUT2D eigenvalue weighted by Crippen LogP contribution is 2.20. The Morgan fingerprint density at radius 2 is 2.14 bits per heavy atom. The molecule has 3 atom stereocenters. The van der Waals surface area contributed by atoms with E-state index in [4.69, 9.17) is 4.74 Å². The molecule has 1 aliphatic heterocycles. The van der Waals surface area contributed by atoms with E-state index in [2.05, 4.69) is 5.32 Å². The van der Waals surface area contributed by atoms with E-state index < -0.39 is 0 Å². The molecule has 0 amide bonds. The van der Waals surface area contributed by atoms with Crippen molar-refractivity contribution in [2.24, 2.45) is 5.92 Å². The molecule has 0 spiro atoms. The van der Waals surface area contributed by atoms with E-state index in [0.717, 1.165) is 32.6 Å². The summed E-state index contributed by atoms with van der Waals surface area (Å²) in [6.45, 7) is 2.85. The number of hydrogen-bond donors (Lipinski definition) is 2. The number of aliphatic hydroxyl groups excluding tert-OH is 1. The normalized spacial score (nSPS) is 38.8. The van der Waals surface area contributed by atoms with E-state index in [9.17, 15) is 5.11 Å². The lowest BCUT2D eigenvalue weighted by atomic mass is 10.0. The molecule has 0 bridgehead atoms. The smallest absolute Gasteiger partial charge is 0.0693 e. The van der Waals surface area contributed by atoms with E-state index in [1.54, 1.807) is 0 Å². The zero-order chi connectivity index (χ0) is 9.80. The average molecular weight is 199 g/mol. The predicted octanol–water partition coefficient (Wildman–Crippen LogP) is 0.916. The van der Waals surface area contributed by atoms with Gasteiger partial charge in [0.15, 0.2) is 0 Å². The van der Waals surface area contributed by atoms with Gasteiger partial charge in [0, 0.05) is 19.2 Å². The summed E-state index contributed by atoms with van der Waals surface area (Å²) < 4.78 is 5.42. The maximum Gasteiger partial charge on any atom is 0.0693 e. The lowest BCUT2D eigenvalue weighted by molar-refractivity contribution is 0.0510. The molecule has 82 valence electrons. The first-order valence-electron chi connectivity index (χ1n) is 5.85. The third-order valence-electron chi connectivity index (χ3n) is 3.40. The third kappa shape index (κ3) is 2.69. The maximum atomic E-state index is 9.62. The molecule has 3 heteroatoms. The van der Waals surface area contributed by atoms with Gasteiger partial charge < -0.3 is 15.2 Å². The highest BCUT2D eigenvalue weighted by atomic mass is 16.5. The van der Waals surface area contributed by atoms with Crippen molar-refractivity contribution in [3.63, 3.8) is 0 Å². The first-order chi connectivity index (χ1) is 6.86. The summed E-state index contributed by atoms with van der Waals surface area (Å²) in [5, 5.41) is 13.1. The molecular formula is C11H21NO2. The van der Waals surface area contributed by atoms with E-state index >= 15 is 0 Å². The highest BCUT2D eigenvalue weighted by molar-refractivity contribution is 4.83. The summed E-state index contributed by atoms with van der Waals surface area (Å²) >= 11 is 0. The van der Waals surface area contributed by atoms with Crippen LogP contribution in [0.2, 0.25) is 0 Å². The summed E-state index contributed by atoms with van der Waals surface area (Å²) in [6, 6.07) is 0.344. The van der Waals surface area contributed by atoms with Crippen LogP contribution >= 0.6 is 0 Å². The van der Waals surface area contributed by atoms with E-state index in [1.165, 1.54) is 19.3 Å². The van der Waals surface area contributed by atoms with Crippen LogP contribution in [0.5, 0.6) is 0 Å². The van der Waals surface area contributed by atoms with Gasteiger partial charge in [-0.25, -0.2) is 0 Å². The van der Waals surface area contributed by atoms with E-state index in [-0.39, 0.29) is 6.10 Å². The fraction of sp³-hybridized carbons (Fsp3) is 1.00. The van der Waals surface area contributed by atoms with E-state index in [1.807, 2.05) is 0 Å². The van der Waals surface area contributed by atoms with E-state index in [0.29, 0.717) is 12.0 Å². The Labute approximate surface area is 85.8 Å². The minimum absolute atomic E-state index is 0.112. The van der Waals surface area contributed by atoms with Gasteiger partial charge in [-0.3, -0.25) is 0 Å². The maximum absolute atomic E-state index is 9.62. The van der Waals surface area contributed by atoms with Crippen molar-refractivity contribution in [2.45, 2.75) is 44.2 Å². The van der Waals surface area contributed by atoms with Crippen LogP contribution in [0.25, 0.3) is 0 Å². The SMILES string of the molecule is O[C@H]1CCC[C@@H]1NCC1CCCOC1.